The maximum Gasteiger partial charge on any atom is 0.124 e. The molecule has 0 aliphatic rings. The third kappa shape index (κ3) is 2.09. The highest BCUT2D eigenvalue weighted by atomic mass is 16.5. The van der Waals surface area contributed by atoms with Gasteiger partial charge >= 0.3 is 0 Å². The molecular weight excluding hydrogens is 228 g/mol. The van der Waals surface area contributed by atoms with Crippen LogP contribution in [0.3, 0.4) is 0 Å². The molecule has 0 aliphatic heterocycles. The summed E-state index contributed by atoms with van der Waals surface area (Å²) in [5, 5.41) is 14.5. The Morgan fingerprint density at radius 2 is 2.17 bits per heavy atom. The highest BCUT2D eigenvalue weighted by Gasteiger charge is 2.05. The van der Waals surface area contributed by atoms with Crippen molar-refractivity contribution in [3.8, 4) is 5.75 Å². The first-order valence-electron chi connectivity index (χ1n) is 6.01. The first-order chi connectivity index (χ1) is 8.83. The highest BCUT2D eigenvalue weighted by Crippen LogP contribution is 2.24. The zero-order valence-electron chi connectivity index (χ0n) is 9.89. The van der Waals surface area contributed by atoms with Gasteiger partial charge in [0, 0.05) is 23.2 Å². The normalized spacial score (nSPS) is 11.1. The van der Waals surface area contributed by atoms with Crippen LogP contribution in [0.25, 0.3) is 10.9 Å². The largest absolute Gasteiger partial charge is 0.508 e. The van der Waals surface area contributed by atoms with Gasteiger partial charge in [-0.2, -0.15) is 0 Å². The molecular formula is C14H14N2O2. The van der Waals surface area contributed by atoms with Gasteiger partial charge < -0.3 is 14.6 Å². The van der Waals surface area contributed by atoms with Crippen LogP contribution < -0.4 is 0 Å². The van der Waals surface area contributed by atoms with E-state index in [-0.39, 0.29) is 0 Å². The van der Waals surface area contributed by atoms with Crippen LogP contribution in [0.2, 0.25) is 0 Å². The number of H-pyrrole nitrogens is 1. The van der Waals surface area contributed by atoms with Crippen molar-refractivity contribution in [1.82, 2.24) is 10.1 Å². The van der Waals surface area contributed by atoms with Gasteiger partial charge in [0.05, 0.1) is 5.69 Å². The molecule has 92 valence electrons. The Hall–Kier alpha value is -2.23. The van der Waals surface area contributed by atoms with Gasteiger partial charge in [0.2, 0.25) is 0 Å². The van der Waals surface area contributed by atoms with Crippen LogP contribution >= 0.6 is 0 Å². The highest BCUT2D eigenvalue weighted by molar-refractivity contribution is 5.84. The monoisotopic (exact) mass is 242 g/mol. The lowest BCUT2D eigenvalue weighted by Crippen LogP contribution is -1.89. The number of aromatic hydroxyl groups is 1. The fourth-order valence-corrected chi connectivity index (χ4v) is 2.20. The Balaban J connectivity index is 1.72. The van der Waals surface area contributed by atoms with Crippen molar-refractivity contribution in [2.75, 3.05) is 0 Å². The number of nitrogens with one attached hydrogen (secondary N) is 1. The summed E-state index contributed by atoms with van der Waals surface area (Å²) < 4.78 is 4.80. The van der Waals surface area contributed by atoms with Gasteiger partial charge in [0.1, 0.15) is 12.0 Å². The van der Waals surface area contributed by atoms with E-state index in [2.05, 4.69) is 10.1 Å². The molecule has 0 atom stereocenters. The molecule has 3 aromatic rings. The summed E-state index contributed by atoms with van der Waals surface area (Å²) in [5.41, 5.74) is 3.27. The van der Waals surface area contributed by atoms with E-state index in [1.54, 1.807) is 18.4 Å². The van der Waals surface area contributed by atoms with Crippen LogP contribution in [-0.2, 0) is 12.8 Å². The van der Waals surface area contributed by atoms with Gasteiger partial charge in [0.25, 0.3) is 0 Å². The molecule has 0 fully saturated rings. The number of nitrogens with zero attached hydrogens (tertiary/aromatic N) is 1. The second-order valence-electron chi connectivity index (χ2n) is 4.39. The Bertz CT molecular complexity index is 641. The number of rotatable bonds is 4. The van der Waals surface area contributed by atoms with Crippen molar-refractivity contribution >= 4 is 10.9 Å². The zero-order chi connectivity index (χ0) is 12.4. The molecule has 0 bridgehead atoms. The Labute approximate surface area is 104 Å². The molecule has 2 N–H and O–H groups in total. The molecule has 0 radical (unpaired) electrons. The first kappa shape index (κ1) is 10.9. The van der Waals surface area contributed by atoms with Gasteiger partial charge in [-0.15, -0.1) is 0 Å². The average molecular weight is 242 g/mol. The van der Waals surface area contributed by atoms with Crippen LogP contribution in [-0.4, -0.2) is 15.2 Å². The summed E-state index contributed by atoms with van der Waals surface area (Å²) in [6, 6.07) is 7.28. The summed E-state index contributed by atoms with van der Waals surface area (Å²) in [7, 11) is 0. The van der Waals surface area contributed by atoms with Crippen molar-refractivity contribution in [1.29, 1.82) is 0 Å². The fourth-order valence-electron chi connectivity index (χ4n) is 2.20. The van der Waals surface area contributed by atoms with Gasteiger partial charge in [-0.05, 0) is 43.0 Å². The molecule has 0 aliphatic carbocycles. The van der Waals surface area contributed by atoms with Crippen molar-refractivity contribution in [3.05, 3.63) is 48.0 Å². The van der Waals surface area contributed by atoms with Crippen LogP contribution in [0, 0.1) is 0 Å². The summed E-state index contributed by atoms with van der Waals surface area (Å²) in [6.07, 6.45) is 6.47. The standard InChI is InChI=1S/C14H14N2O2/c17-12-4-5-14-13(8-12)10(9-15-14)2-1-3-11-6-7-18-16-11/h4-9,15,17H,1-3H2. The smallest absolute Gasteiger partial charge is 0.124 e. The van der Waals surface area contributed by atoms with E-state index in [0.717, 1.165) is 35.9 Å². The van der Waals surface area contributed by atoms with E-state index in [0.29, 0.717) is 5.75 Å². The van der Waals surface area contributed by atoms with E-state index < -0.39 is 0 Å². The van der Waals surface area contributed by atoms with Gasteiger partial charge in [-0.3, -0.25) is 0 Å². The third-order valence-corrected chi connectivity index (χ3v) is 3.12. The molecule has 4 nitrogen and oxygen atoms in total. The van der Waals surface area contributed by atoms with Gasteiger partial charge in [-0.1, -0.05) is 5.16 Å². The van der Waals surface area contributed by atoms with E-state index in [4.69, 9.17) is 4.52 Å². The summed E-state index contributed by atoms with van der Waals surface area (Å²) >= 11 is 0. The van der Waals surface area contributed by atoms with Crippen molar-refractivity contribution in [2.45, 2.75) is 19.3 Å². The number of aryl methyl sites for hydroxylation is 2. The molecule has 2 heterocycles. The summed E-state index contributed by atoms with van der Waals surface area (Å²) in [6.45, 7) is 0. The quantitative estimate of drug-likeness (QED) is 0.739. The van der Waals surface area contributed by atoms with Crippen LogP contribution in [0.4, 0.5) is 0 Å². The molecule has 1 aromatic carbocycles. The topological polar surface area (TPSA) is 62.0 Å². The molecule has 18 heavy (non-hydrogen) atoms. The fraction of sp³-hybridized carbons (Fsp3) is 0.214. The molecule has 0 unspecified atom stereocenters. The molecule has 0 saturated carbocycles. The number of aromatic nitrogens is 2. The Morgan fingerprint density at radius 1 is 1.22 bits per heavy atom. The Kier molecular flexibility index (Phi) is 2.76. The predicted octanol–water partition coefficient (Wildman–Crippen LogP) is 3.04. The van der Waals surface area contributed by atoms with Crippen LogP contribution in [0.5, 0.6) is 5.75 Å². The van der Waals surface area contributed by atoms with Crippen molar-refractivity contribution in [2.24, 2.45) is 0 Å². The molecule has 0 amide bonds. The zero-order valence-corrected chi connectivity index (χ0v) is 9.89. The van der Waals surface area contributed by atoms with E-state index in [9.17, 15) is 5.11 Å². The second-order valence-corrected chi connectivity index (χ2v) is 4.39. The maximum atomic E-state index is 9.51. The minimum atomic E-state index is 0.305. The van der Waals surface area contributed by atoms with Crippen LogP contribution in [0.1, 0.15) is 17.7 Å². The predicted molar refractivity (Wildman–Crippen MR) is 68.5 cm³/mol. The van der Waals surface area contributed by atoms with E-state index in [1.165, 1.54) is 5.56 Å². The molecule has 2 aromatic heterocycles. The number of hydrogen-bond donors (Lipinski definition) is 2. The minimum absolute atomic E-state index is 0.305. The summed E-state index contributed by atoms with van der Waals surface area (Å²) in [5.74, 6) is 0.305. The first-order valence-corrected chi connectivity index (χ1v) is 6.01. The number of hydrogen-bond acceptors (Lipinski definition) is 3. The minimum Gasteiger partial charge on any atom is -0.508 e. The average Bonchev–Trinajstić information content (AvgIpc) is 2.99. The van der Waals surface area contributed by atoms with Crippen molar-refractivity contribution in [3.63, 3.8) is 0 Å². The lowest BCUT2D eigenvalue weighted by molar-refractivity contribution is 0.411. The molecule has 4 heteroatoms. The second kappa shape index (κ2) is 4.56. The maximum absolute atomic E-state index is 9.51. The summed E-state index contributed by atoms with van der Waals surface area (Å²) in [4.78, 5) is 3.21. The number of benzene rings is 1. The number of aromatic amines is 1. The molecule has 0 saturated heterocycles. The third-order valence-electron chi connectivity index (χ3n) is 3.12. The SMILES string of the molecule is Oc1ccc2[nH]cc(CCCc3ccon3)c2c1. The van der Waals surface area contributed by atoms with Gasteiger partial charge in [0.15, 0.2) is 0 Å². The van der Waals surface area contributed by atoms with Crippen LogP contribution in [0.15, 0.2) is 41.2 Å². The van der Waals surface area contributed by atoms with Crippen molar-refractivity contribution < 1.29 is 9.63 Å². The number of fused-ring (bicyclic) bond motifs is 1. The number of phenolic OH excluding ortho intramolecular Hbond substituents is 1. The lowest BCUT2D eigenvalue weighted by Gasteiger charge is -1.99. The molecule has 3 rings (SSSR count). The number of phenols is 1. The van der Waals surface area contributed by atoms with E-state index >= 15 is 0 Å². The van der Waals surface area contributed by atoms with E-state index in [1.807, 2.05) is 18.3 Å². The molecule has 0 spiro atoms. The van der Waals surface area contributed by atoms with Gasteiger partial charge in [-0.25, -0.2) is 0 Å². The lowest BCUT2D eigenvalue weighted by atomic mass is 10.1. The Morgan fingerprint density at radius 3 is 3.00 bits per heavy atom.